The van der Waals surface area contributed by atoms with Crippen molar-refractivity contribution in [2.24, 2.45) is 0 Å². The maximum absolute atomic E-state index is 12.0. The van der Waals surface area contributed by atoms with Crippen LogP contribution in [0.3, 0.4) is 0 Å². The SMILES string of the molecule is COCC(=O)N[C@H](Cc1ccc(C(=O)OC(C)(C)C)cc1)C(=O)OC. The fourth-order valence-corrected chi connectivity index (χ4v) is 2.05. The summed E-state index contributed by atoms with van der Waals surface area (Å²) in [5.41, 5.74) is 0.606. The van der Waals surface area contributed by atoms with Crippen LogP contribution in [0.4, 0.5) is 0 Å². The van der Waals surface area contributed by atoms with E-state index in [4.69, 9.17) is 14.2 Å². The molecule has 7 heteroatoms. The minimum absolute atomic E-state index is 0.148. The minimum Gasteiger partial charge on any atom is -0.467 e. The van der Waals surface area contributed by atoms with Gasteiger partial charge in [-0.3, -0.25) is 4.79 Å². The predicted molar refractivity (Wildman–Crippen MR) is 91.1 cm³/mol. The molecule has 0 saturated carbocycles. The summed E-state index contributed by atoms with van der Waals surface area (Å²) in [6.07, 6.45) is 0.233. The Hall–Kier alpha value is -2.41. The summed E-state index contributed by atoms with van der Waals surface area (Å²) in [5.74, 6) is -1.39. The second-order valence-electron chi connectivity index (χ2n) is 6.48. The van der Waals surface area contributed by atoms with E-state index in [9.17, 15) is 14.4 Å². The van der Waals surface area contributed by atoms with Crippen LogP contribution in [0.25, 0.3) is 0 Å². The fraction of sp³-hybridized carbons (Fsp3) is 0.500. The molecule has 138 valence electrons. The number of hydrogen-bond acceptors (Lipinski definition) is 6. The van der Waals surface area contributed by atoms with Crippen LogP contribution in [0, 0.1) is 0 Å². The van der Waals surface area contributed by atoms with E-state index in [2.05, 4.69) is 5.32 Å². The Morgan fingerprint density at radius 3 is 2.16 bits per heavy atom. The lowest BCUT2D eigenvalue weighted by Crippen LogP contribution is -2.44. The summed E-state index contributed by atoms with van der Waals surface area (Å²) in [7, 11) is 2.64. The van der Waals surface area contributed by atoms with Gasteiger partial charge in [-0.15, -0.1) is 0 Å². The van der Waals surface area contributed by atoms with Crippen molar-refractivity contribution in [3.8, 4) is 0 Å². The Balaban J connectivity index is 2.80. The molecule has 1 aromatic rings. The lowest BCUT2D eigenvalue weighted by atomic mass is 10.0. The first-order chi connectivity index (χ1) is 11.7. The van der Waals surface area contributed by atoms with E-state index in [-0.39, 0.29) is 13.0 Å². The molecule has 0 bridgehead atoms. The van der Waals surface area contributed by atoms with E-state index in [0.717, 1.165) is 5.56 Å². The summed E-state index contributed by atoms with van der Waals surface area (Å²) in [6, 6.07) is 5.82. The quantitative estimate of drug-likeness (QED) is 0.749. The number of carbonyl (C=O) groups excluding carboxylic acids is 3. The molecule has 1 aromatic carbocycles. The molecule has 0 aromatic heterocycles. The van der Waals surface area contributed by atoms with E-state index in [1.807, 2.05) is 0 Å². The van der Waals surface area contributed by atoms with Crippen molar-refractivity contribution in [3.05, 3.63) is 35.4 Å². The second-order valence-corrected chi connectivity index (χ2v) is 6.48. The molecule has 0 fully saturated rings. The molecule has 0 radical (unpaired) electrons. The molecule has 0 unspecified atom stereocenters. The summed E-state index contributed by atoms with van der Waals surface area (Å²) in [4.78, 5) is 35.5. The highest BCUT2D eigenvalue weighted by molar-refractivity contribution is 5.89. The Morgan fingerprint density at radius 1 is 1.08 bits per heavy atom. The first-order valence-corrected chi connectivity index (χ1v) is 7.84. The standard InChI is InChI=1S/C18H25NO6/c1-18(2,3)25-16(21)13-8-6-12(7-9-13)10-14(17(22)24-5)19-15(20)11-23-4/h6-9,14H,10-11H2,1-5H3,(H,19,20)/t14-/m1/s1. The Kier molecular flexibility index (Phi) is 7.57. The molecule has 25 heavy (non-hydrogen) atoms. The van der Waals surface area contributed by atoms with Crippen molar-refractivity contribution >= 4 is 17.8 Å². The lowest BCUT2D eigenvalue weighted by Gasteiger charge is -2.19. The zero-order valence-electron chi connectivity index (χ0n) is 15.3. The van der Waals surface area contributed by atoms with Gasteiger partial charge in [0, 0.05) is 13.5 Å². The van der Waals surface area contributed by atoms with Crippen molar-refractivity contribution in [2.75, 3.05) is 20.8 Å². The third-order valence-electron chi connectivity index (χ3n) is 3.12. The van der Waals surface area contributed by atoms with Crippen LogP contribution < -0.4 is 5.32 Å². The summed E-state index contributed by atoms with van der Waals surface area (Å²) in [6.45, 7) is 5.24. The molecular weight excluding hydrogens is 326 g/mol. The third-order valence-corrected chi connectivity index (χ3v) is 3.12. The number of nitrogens with one attached hydrogen (secondary N) is 1. The normalized spacial score (nSPS) is 12.2. The number of esters is 2. The van der Waals surface area contributed by atoms with Crippen LogP contribution in [0.2, 0.25) is 0 Å². The molecule has 0 aliphatic carbocycles. The van der Waals surface area contributed by atoms with Gasteiger partial charge in [-0.2, -0.15) is 0 Å². The highest BCUT2D eigenvalue weighted by atomic mass is 16.6. The van der Waals surface area contributed by atoms with Crippen molar-refractivity contribution in [3.63, 3.8) is 0 Å². The molecule has 7 nitrogen and oxygen atoms in total. The van der Waals surface area contributed by atoms with Gasteiger partial charge >= 0.3 is 11.9 Å². The van der Waals surface area contributed by atoms with Crippen LogP contribution in [0.1, 0.15) is 36.7 Å². The van der Waals surface area contributed by atoms with Gasteiger partial charge in [-0.05, 0) is 38.5 Å². The Labute approximate surface area is 147 Å². The molecule has 1 N–H and O–H groups in total. The van der Waals surface area contributed by atoms with Crippen molar-refractivity contribution in [2.45, 2.75) is 38.8 Å². The molecule has 0 heterocycles. The van der Waals surface area contributed by atoms with Gasteiger partial charge in [-0.25, -0.2) is 9.59 Å². The molecule has 0 aliphatic rings. The smallest absolute Gasteiger partial charge is 0.338 e. The summed E-state index contributed by atoms with van der Waals surface area (Å²) < 4.78 is 14.7. The Bertz CT molecular complexity index is 603. The molecule has 1 atom stereocenters. The van der Waals surface area contributed by atoms with Crippen LogP contribution in [-0.2, 0) is 30.2 Å². The topological polar surface area (TPSA) is 90.9 Å². The number of carbonyl (C=O) groups is 3. The molecule has 0 saturated heterocycles. The molecule has 0 aliphatic heterocycles. The van der Waals surface area contributed by atoms with Crippen molar-refractivity contribution < 1.29 is 28.6 Å². The van der Waals surface area contributed by atoms with Gasteiger partial charge in [0.25, 0.3) is 0 Å². The summed E-state index contributed by atoms with van der Waals surface area (Å²) >= 11 is 0. The molecule has 1 rings (SSSR count). The van der Waals surface area contributed by atoms with Gasteiger partial charge in [0.15, 0.2) is 0 Å². The molecular formula is C18H25NO6. The van der Waals surface area contributed by atoms with Gasteiger partial charge in [0.1, 0.15) is 18.2 Å². The number of benzene rings is 1. The van der Waals surface area contributed by atoms with Crippen LogP contribution in [0.15, 0.2) is 24.3 Å². The monoisotopic (exact) mass is 351 g/mol. The average molecular weight is 351 g/mol. The second kappa shape index (κ2) is 9.17. The largest absolute Gasteiger partial charge is 0.467 e. The zero-order valence-corrected chi connectivity index (χ0v) is 15.3. The van der Waals surface area contributed by atoms with Gasteiger partial charge in [0.2, 0.25) is 5.91 Å². The van der Waals surface area contributed by atoms with Crippen molar-refractivity contribution in [1.82, 2.24) is 5.32 Å². The van der Waals surface area contributed by atoms with Crippen LogP contribution in [0.5, 0.6) is 0 Å². The van der Waals surface area contributed by atoms with Crippen LogP contribution in [-0.4, -0.2) is 50.3 Å². The number of ether oxygens (including phenoxy) is 3. The lowest BCUT2D eigenvalue weighted by molar-refractivity contribution is -0.145. The highest BCUT2D eigenvalue weighted by Gasteiger charge is 2.22. The Morgan fingerprint density at radius 2 is 1.68 bits per heavy atom. The van der Waals surface area contributed by atoms with E-state index in [0.29, 0.717) is 5.56 Å². The first-order valence-electron chi connectivity index (χ1n) is 7.84. The van der Waals surface area contributed by atoms with E-state index >= 15 is 0 Å². The predicted octanol–water partition coefficient (Wildman–Crippen LogP) is 1.49. The van der Waals surface area contributed by atoms with Gasteiger partial charge in [0.05, 0.1) is 12.7 Å². The van der Waals surface area contributed by atoms with Gasteiger partial charge in [-0.1, -0.05) is 12.1 Å². The zero-order chi connectivity index (χ0) is 19.0. The number of rotatable bonds is 7. The van der Waals surface area contributed by atoms with E-state index in [1.165, 1.54) is 14.2 Å². The number of amides is 1. The first kappa shape index (κ1) is 20.6. The molecule has 1 amide bonds. The summed E-state index contributed by atoms with van der Waals surface area (Å²) in [5, 5.41) is 2.56. The third kappa shape index (κ3) is 7.34. The van der Waals surface area contributed by atoms with E-state index < -0.39 is 29.5 Å². The number of hydrogen-bond donors (Lipinski definition) is 1. The van der Waals surface area contributed by atoms with Crippen molar-refractivity contribution in [1.29, 1.82) is 0 Å². The number of methoxy groups -OCH3 is 2. The van der Waals surface area contributed by atoms with E-state index in [1.54, 1.807) is 45.0 Å². The average Bonchev–Trinajstić information content (AvgIpc) is 2.52. The maximum Gasteiger partial charge on any atom is 0.338 e. The fourth-order valence-electron chi connectivity index (χ4n) is 2.05. The highest BCUT2D eigenvalue weighted by Crippen LogP contribution is 2.14. The maximum atomic E-state index is 12.0. The minimum atomic E-state index is -0.833. The molecule has 0 spiro atoms. The van der Waals surface area contributed by atoms with Gasteiger partial charge < -0.3 is 19.5 Å². The van der Waals surface area contributed by atoms with Crippen LogP contribution >= 0.6 is 0 Å².